The van der Waals surface area contributed by atoms with E-state index in [2.05, 4.69) is 9.88 Å². The normalized spacial score (nSPS) is 15.2. The standard InChI is InChI=1S/C24H31N5O3/c1-24(2,3)32-23(30)28-12-10-27(11-13-28)14-15-31-20-8-9-22-21(16-20)26-17-29(22)19-6-4-18(25)5-7-19/h4-9,16-17H,10-15,25H2,1-3H3. The Morgan fingerprint density at radius 1 is 1.06 bits per heavy atom. The van der Waals surface area contributed by atoms with Gasteiger partial charge >= 0.3 is 6.09 Å². The van der Waals surface area contributed by atoms with Crippen LogP contribution in [0.4, 0.5) is 10.5 Å². The first-order valence-electron chi connectivity index (χ1n) is 10.9. The molecule has 1 aromatic heterocycles. The van der Waals surface area contributed by atoms with Gasteiger partial charge in [-0.05, 0) is 57.2 Å². The van der Waals surface area contributed by atoms with Gasteiger partial charge in [0.1, 0.15) is 24.3 Å². The summed E-state index contributed by atoms with van der Waals surface area (Å²) in [6, 6.07) is 13.7. The molecule has 170 valence electrons. The van der Waals surface area contributed by atoms with Crippen molar-refractivity contribution in [2.75, 3.05) is 45.1 Å². The summed E-state index contributed by atoms with van der Waals surface area (Å²) in [5.74, 6) is 0.799. The summed E-state index contributed by atoms with van der Waals surface area (Å²) in [7, 11) is 0. The maximum Gasteiger partial charge on any atom is 0.410 e. The van der Waals surface area contributed by atoms with Gasteiger partial charge in [0.25, 0.3) is 0 Å². The molecule has 3 aromatic rings. The lowest BCUT2D eigenvalue weighted by Crippen LogP contribution is -2.50. The minimum atomic E-state index is -0.464. The fourth-order valence-electron chi connectivity index (χ4n) is 3.70. The fraction of sp³-hybridized carbons (Fsp3) is 0.417. The van der Waals surface area contributed by atoms with Gasteiger partial charge in [-0.1, -0.05) is 0 Å². The van der Waals surface area contributed by atoms with Gasteiger partial charge < -0.3 is 20.1 Å². The molecule has 2 aromatic carbocycles. The van der Waals surface area contributed by atoms with Crippen molar-refractivity contribution in [2.24, 2.45) is 0 Å². The Morgan fingerprint density at radius 3 is 2.47 bits per heavy atom. The maximum absolute atomic E-state index is 12.2. The molecule has 0 saturated carbocycles. The van der Waals surface area contributed by atoms with Crippen molar-refractivity contribution in [1.29, 1.82) is 0 Å². The number of ether oxygens (including phenoxy) is 2. The third-order valence-electron chi connectivity index (χ3n) is 5.39. The Hall–Kier alpha value is -3.26. The van der Waals surface area contributed by atoms with Crippen molar-refractivity contribution in [3.05, 3.63) is 48.8 Å². The molecule has 8 heteroatoms. The first-order chi connectivity index (χ1) is 15.3. The van der Waals surface area contributed by atoms with Crippen LogP contribution in [0.2, 0.25) is 0 Å². The van der Waals surface area contributed by atoms with E-state index in [0.717, 1.165) is 47.8 Å². The highest BCUT2D eigenvalue weighted by Gasteiger charge is 2.25. The second kappa shape index (κ2) is 9.08. The van der Waals surface area contributed by atoms with Gasteiger partial charge in [0.2, 0.25) is 0 Å². The predicted octanol–water partition coefficient (Wildman–Crippen LogP) is 3.54. The molecule has 8 nitrogen and oxygen atoms in total. The second-order valence-corrected chi connectivity index (χ2v) is 9.01. The number of hydrogen-bond acceptors (Lipinski definition) is 6. The van der Waals surface area contributed by atoms with E-state index in [1.54, 1.807) is 4.90 Å². The topological polar surface area (TPSA) is 85.9 Å². The molecule has 0 atom stereocenters. The molecule has 1 fully saturated rings. The molecule has 1 amide bonds. The van der Waals surface area contributed by atoms with E-state index in [1.807, 2.05) is 74.1 Å². The lowest BCUT2D eigenvalue weighted by molar-refractivity contribution is 0.0137. The Balaban J connectivity index is 1.27. The molecule has 4 rings (SSSR count). The van der Waals surface area contributed by atoms with Gasteiger partial charge in [-0.3, -0.25) is 9.47 Å². The monoisotopic (exact) mass is 437 g/mol. The quantitative estimate of drug-likeness (QED) is 0.615. The van der Waals surface area contributed by atoms with Crippen LogP contribution in [-0.2, 0) is 4.74 Å². The number of nitrogens with two attached hydrogens (primary N) is 1. The number of fused-ring (bicyclic) bond motifs is 1. The summed E-state index contributed by atoms with van der Waals surface area (Å²) in [6.45, 7) is 10.0. The summed E-state index contributed by atoms with van der Waals surface area (Å²) >= 11 is 0. The highest BCUT2D eigenvalue weighted by molar-refractivity contribution is 5.79. The summed E-state index contributed by atoms with van der Waals surface area (Å²) in [6.07, 6.45) is 1.57. The molecular weight excluding hydrogens is 406 g/mol. The van der Waals surface area contributed by atoms with Crippen molar-refractivity contribution >= 4 is 22.8 Å². The van der Waals surface area contributed by atoms with Crippen LogP contribution in [0.3, 0.4) is 0 Å². The van der Waals surface area contributed by atoms with Crippen LogP contribution in [0.15, 0.2) is 48.8 Å². The molecular formula is C24H31N5O3. The molecule has 1 saturated heterocycles. The number of nitrogens with zero attached hydrogens (tertiary/aromatic N) is 4. The molecule has 0 bridgehead atoms. The van der Waals surface area contributed by atoms with Gasteiger partial charge in [0, 0.05) is 50.2 Å². The summed E-state index contributed by atoms with van der Waals surface area (Å²) < 4.78 is 13.5. The molecule has 0 radical (unpaired) electrons. The lowest BCUT2D eigenvalue weighted by atomic mass is 10.2. The second-order valence-electron chi connectivity index (χ2n) is 9.01. The molecule has 0 aliphatic carbocycles. The number of anilines is 1. The van der Waals surface area contributed by atoms with Crippen LogP contribution in [-0.4, -0.2) is 70.4 Å². The molecule has 0 spiro atoms. The minimum Gasteiger partial charge on any atom is -0.492 e. The molecule has 1 aliphatic heterocycles. The van der Waals surface area contributed by atoms with E-state index >= 15 is 0 Å². The van der Waals surface area contributed by atoms with Crippen molar-refractivity contribution in [2.45, 2.75) is 26.4 Å². The number of carbonyl (C=O) groups excluding carboxylic acids is 1. The van der Waals surface area contributed by atoms with Crippen LogP contribution >= 0.6 is 0 Å². The summed E-state index contributed by atoms with van der Waals surface area (Å²) in [5.41, 5.74) is 8.97. The van der Waals surface area contributed by atoms with Crippen LogP contribution in [0.5, 0.6) is 5.75 Å². The van der Waals surface area contributed by atoms with E-state index in [1.165, 1.54) is 0 Å². The molecule has 2 heterocycles. The number of hydrogen-bond donors (Lipinski definition) is 1. The number of aromatic nitrogens is 2. The van der Waals surface area contributed by atoms with E-state index in [4.69, 9.17) is 15.2 Å². The predicted molar refractivity (Wildman–Crippen MR) is 125 cm³/mol. The van der Waals surface area contributed by atoms with Gasteiger partial charge in [-0.2, -0.15) is 0 Å². The number of nitrogen functional groups attached to an aromatic ring is 1. The van der Waals surface area contributed by atoms with Gasteiger partial charge in [0.15, 0.2) is 0 Å². The summed E-state index contributed by atoms with van der Waals surface area (Å²) in [4.78, 5) is 20.8. The van der Waals surface area contributed by atoms with Crippen molar-refractivity contribution in [3.63, 3.8) is 0 Å². The van der Waals surface area contributed by atoms with E-state index in [0.29, 0.717) is 19.7 Å². The number of piperazine rings is 1. The van der Waals surface area contributed by atoms with E-state index < -0.39 is 5.60 Å². The highest BCUT2D eigenvalue weighted by atomic mass is 16.6. The van der Waals surface area contributed by atoms with Crippen LogP contribution in [0, 0.1) is 0 Å². The molecule has 32 heavy (non-hydrogen) atoms. The Kier molecular flexibility index (Phi) is 6.23. The Morgan fingerprint density at radius 2 is 1.78 bits per heavy atom. The molecule has 2 N–H and O–H groups in total. The third kappa shape index (κ3) is 5.31. The van der Waals surface area contributed by atoms with Crippen molar-refractivity contribution in [3.8, 4) is 11.4 Å². The van der Waals surface area contributed by atoms with Gasteiger partial charge in [0.05, 0.1) is 11.0 Å². The lowest BCUT2D eigenvalue weighted by Gasteiger charge is -2.35. The SMILES string of the molecule is CC(C)(C)OC(=O)N1CCN(CCOc2ccc3c(c2)ncn3-c2ccc(N)cc2)CC1. The van der Waals surface area contributed by atoms with Crippen LogP contribution in [0.1, 0.15) is 20.8 Å². The average molecular weight is 438 g/mol. The zero-order chi connectivity index (χ0) is 22.7. The number of rotatable bonds is 5. The number of benzene rings is 2. The molecule has 1 aliphatic rings. The smallest absolute Gasteiger partial charge is 0.410 e. The first kappa shape index (κ1) is 22.0. The highest BCUT2D eigenvalue weighted by Crippen LogP contribution is 2.23. The number of imidazole rings is 1. The van der Waals surface area contributed by atoms with Gasteiger partial charge in [-0.25, -0.2) is 9.78 Å². The largest absolute Gasteiger partial charge is 0.492 e. The van der Waals surface area contributed by atoms with E-state index in [9.17, 15) is 4.79 Å². The summed E-state index contributed by atoms with van der Waals surface area (Å²) in [5, 5.41) is 0. The van der Waals surface area contributed by atoms with Crippen molar-refractivity contribution in [1.82, 2.24) is 19.4 Å². The zero-order valence-electron chi connectivity index (χ0n) is 19.0. The van der Waals surface area contributed by atoms with Crippen molar-refractivity contribution < 1.29 is 14.3 Å². The Bertz CT molecular complexity index is 1060. The minimum absolute atomic E-state index is 0.236. The zero-order valence-corrected chi connectivity index (χ0v) is 19.0. The van der Waals surface area contributed by atoms with Crippen LogP contribution < -0.4 is 10.5 Å². The third-order valence-corrected chi connectivity index (χ3v) is 5.39. The van der Waals surface area contributed by atoms with Gasteiger partial charge in [-0.15, -0.1) is 0 Å². The van der Waals surface area contributed by atoms with E-state index in [-0.39, 0.29) is 6.09 Å². The number of carbonyl (C=O) groups is 1. The van der Waals surface area contributed by atoms with Crippen LogP contribution in [0.25, 0.3) is 16.7 Å². The maximum atomic E-state index is 12.2. The fourth-order valence-corrected chi connectivity index (χ4v) is 3.70. The Labute approximate surface area is 188 Å². The average Bonchev–Trinajstić information content (AvgIpc) is 3.17. The number of amides is 1. The first-order valence-corrected chi connectivity index (χ1v) is 10.9. The molecule has 0 unspecified atom stereocenters.